The van der Waals surface area contributed by atoms with E-state index in [1.807, 2.05) is 0 Å². The first-order valence-electron chi connectivity index (χ1n) is 8.73. The molecule has 2 aliphatic rings. The number of fused-ring (bicyclic) bond motifs is 1. The first-order valence-corrected chi connectivity index (χ1v) is 10.2. The Morgan fingerprint density at radius 3 is 2.64 bits per heavy atom. The van der Waals surface area contributed by atoms with Gasteiger partial charge in [-0.1, -0.05) is 11.2 Å². The normalized spacial score (nSPS) is 18.3. The smallest absolute Gasteiger partial charge is 0.261 e. The average molecular weight is 407 g/mol. The molecule has 1 fully saturated rings. The van der Waals surface area contributed by atoms with Gasteiger partial charge in [-0.15, -0.1) is 0 Å². The molecule has 2 aromatic rings. The largest absolute Gasteiger partial charge is 0.359 e. The Morgan fingerprint density at radius 2 is 2.04 bits per heavy atom. The number of halogens is 1. The molecule has 1 aliphatic carbocycles. The Morgan fingerprint density at radius 1 is 1.29 bits per heavy atom. The van der Waals surface area contributed by atoms with Crippen molar-refractivity contribution >= 4 is 21.8 Å². The number of nitrogens with one attached hydrogen (secondary N) is 1. The first kappa shape index (κ1) is 18.8. The number of aromatic nitrogens is 1. The second kappa shape index (κ2) is 6.49. The molecule has 4 rings (SSSR count). The minimum atomic E-state index is -3.99. The molecular formula is C18H18FN3O5S. The minimum absolute atomic E-state index is 0.0314. The van der Waals surface area contributed by atoms with Crippen LogP contribution in [0.25, 0.3) is 0 Å². The summed E-state index contributed by atoms with van der Waals surface area (Å²) in [5, 5.41) is 3.73. The number of hydrogen-bond donors (Lipinski definition) is 1. The van der Waals surface area contributed by atoms with Crippen LogP contribution in [0.5, 0.6) is 0 Å². The molecule has 1 aromatic heterocycles. The highest BCUT2D eigenvalue weighted by Crippen LogP contribution is 2.37. The number of sulfonamides is 1. The van der Waals surface area contributed by atoms with Crippen molar-refractivity contribution in [2.45, 2.75) is 43.2 Å². The molecule has 2 heterocycles. The fraction of sp³-hybridized carbons (Fsp3) is 0.389. The zero-order valence-corrected chi connectivity index (χ0v) is 15.9. The van der Waals surface area contributed by atoms with Gasteiger partial charge in [0.05, 0.1) is 29.1 Å². The quantitative estimate of drug-likeness (QED) is 0.727. The van der Waals surface area contributed by atoms with E-state index >= 15 is 0 Å². The van der Waals surface area contributed by atoms with E-state index in [9.17, 15) is 22.4 Å². The number of alkyl halides is 1. The summed E-state index contributed by atoms with van der Waals surface area (Å²) in [4.78, 5) is 26.1. The topological polar surface area (TPSA) is 110 Å². The van der Waals surface area contributed by atoms with Crippen LogP contribution in [0.4, 0.5) is 4.39 Å². The number of nitrogens with zero attached hydrogens (tertiary/aromatic N) is 2. The predicted octanol–water partition coefficient (Wildman–Crippen LogP) is 1.49. The molecule has 148 valence electrons. The van der Waals surface area contributed by atoms with E-state index in [2.05, 4.69) is 9.88 Å². The van der Waals surface area contributed by atoms with Crippen molar-refractivity contribution in [1.29, 1.82) is 0 Å². The lowest BCUT2D eigenvalue weighted by molar-refractivity contribution is -0.129. The van der Waals surface area contributed by atoms with Gasteiger partial charge in [0.1, 0.15) is 6.67 Å². The molecule has 1 aliphatic heterocycles. The summed E-state index contributed by atoms with van der Waals surface area (Å²) >= 11 is 0. The van der Waals surface area contributed by atoms with E-state index in [-0.39, 0.29) is 23.4 Å². The van der Waals surface area contributed by atoms with Crippen LogP contribution in [0.15, 0.2) is 33.7 Å². The number of imide groups is 1. The lowest BCUT2D eigenvalue weighted by atomic mass is 9.98. The number of carbonyl (C=O) groups is 2. The third-order valence-electron chi connectivity index (χ3n) is 4.96. The van der Waals surface area contributed by atoms with Crippen LogP contribution < -0.4 is 4.72 Å². The summed E-state index contributed by atoms with van der Waals surface area (Å²) in [5.41, 5.74) is 0.160. The molecule has 8 nitrogen and oxygen atoms in total. The second-order valence-corrected chi connectivity index (χ2v) is 8.92. The third kappa shape index (κ3) is 3.33. The van der Waals surface area contributed by atoms with E-state index in [1.165, 1.54) is 18.2 Å². The summed E-state index contributed by atoms with van der Waals surface area (Å²) in [7, 11) is -3.99. The van der Waals surface area contributed by atoms with Crippen LogP contribution in [0.1, 0.15) is 40.2 Å². The molecule has 0 bridgehead atoms. The van der Waals surface area contributed by atoms with Crippen molar-refractivity contribution < 1.29 is 26.9 Å². The minimum Gasteiger partial charge on any atom is -0.359 e. The molecule has 2 amide bonds. The average Bonchev–Trinajstić information content (AvgIpc) is 3.29. The number of aryl methyl sites for hydroxylation is 1. The van der Waals surface area contributed by atoms with Gasteiger partial charge in [-0.3, -0.25) is 14.5 Å². The van der Waals surface area contributed by atoms with Crippen molar-refractivity contribution in [2.75, 3.05) is 6.67 Å². The second-order valence-electron chi connectivity index (χ2n) is 7.23. The van der Waals surface area contributed by atoms with Crippen molar-refractivity contribution in [2.24, 2.45) is 0 Å². The van der Waals surface area contributed by atoms with Crippen LogP contribution in [0.3, 0.4) is 0 Å². The summed E-state index contributed by atoms with van der Waals surface area (Å²) in [5.74, 6) is -0.662. The van der Waals surface area contributed by atoms with Gasteiger partial charge in [-0.05, 0) is 37.5 Å². The first-order chi connectivity index (χ1) is 13.2. The fourth-order valence-electron chi connectivity index (χ4n) is 3.16. The van der Waals surface area contributed by atoms with Gasteiger partial charge in [-0.25, -0.2) is 17.5 Å². The van der Waals surface area contributed by atoms with E-state index in [4.69, 9.17) is 4.52 Å². The van der Waals surface area contributed by atoms with Gasteiger partial charge in [-0.2, -0.15) is 0 Å². The lowest BCUT2D eigenvalue weighted by Crippen LogP contribution is -2.42. The Labute approximate surface area is 160 Å². The lowest BCUT2D eigenvalue weighted by Gasteiger charge is -2.26. The fourth-order valence-corrected chi connectivity index (χ4v) is 4.62. The molecule has 0 unspecified atom stereocenters. The summed E-state index contributed by atoms with van der Waals surface area (Å²) in [6, 6.07) is 5.63. The van der Waals surface area contributed by atoms with Gasteiger partial charge >= 0.3 is 0 Å². The number of benzene rings is 1. The molecule has 0 atom stereocenters. The molecule has 0 spiro atoms. The SMILES string of the molecule is Cc1cc(CN2C(=O)Cc3ccc(S(=O)(=O)NC4(CF)CC4)cc3C2=O)on1. The maximum absolute atomic E-state index is 13.1. The molecule has 1 saturated carbocycles. The number of carbonyl (C=O) groups excluding carboxylic acids is 2. The summed E-state index contributed by atoms with van der Waals surface area (Å²) in [6.07, 6.45) is 0.841. The Kier molecular flexibility index (Phi) is 4.35. The van der Waals surface area contributed by atoms with Crippen molar-refractivity contribution in [3.05, 3.63) is 46.8 Å². The van der Waals surface area contributed by atoms with E-state index < -0.39 is 34.1 Å². The predicted molar refractivity (Wildman–Crippen MR) is 94.5 cm³/mol. The van der Waals surface area contributed by atoms with E-state index in [1.54, 1.807) is 13.0 Å². The van der Waals surface area contributed by atoms with Crippen LogP contribution in [-0.2, 0) is 27.8 Å². The summed E-state index contributed by atoms with van der Waals surface area (Å²) in [6.45, 7) is 0.851. The highest BCUT2D eigenvalue weighted by molar-refractivity contribution is 7.89. The number of rotatable bonds is 6. The molecule has 1 aromatic carbocycles. The maximum atomic E-state index is 13.1. The standard InChI is InChI=1S/C18H18FN3O5S/c1-11-6-13(27-20-11)9-22-16(23)7-12-2-3-14(8-15(12)17(22)24)28(25,26)21-18(10-19)4-5-18/h2-3,6,8,21H,4-5,7,9-10H2,1H3. The number of amides is 2. The van der Waals surface area contributed by atoms with Crippen LogP contribution in [-0.4, -0.2) is 42.5 Å². The van der Waals surface area contributed by atoms with Gasteiger partial charge in [0.15, 0.2) is 5.76 Å². The van der Waals surface area contributed by atoms with Crippen molar-refractivity contribution in [1.82, 2.24) is 14.8 Å². The van der Waals surface area contributed by atoms with Gasteiger partial charge in [0, 0.05) is 11.6 Å². The molecular weight excluding hydrogens is 389 g/mol. The van der Waals surface area contributed by atoms with Crippen molar-refractivity contribution in [3.8, 4) is 0 Å². The Balaban J connectivity index is 1.63. The third-order valence-corrected chi connectivity index (χ3v) is 6.54. The number of hydrogen-bond acceptors (Lipinski definition) is 6. The van der Waals surface area contributed by atoms with Crippen LogP contribution >= 0.6 is 0 Å². The molecule has 1 N–H and O–H groups in total. The van der Waals surface area contributed by atoms with Gasteiger partial charge < -0.3 is 4.52 Å². The molecule has 10 heteroatoms. The monoisotopic (exact) mass is 407 g/mol. The van der Waals surface area contributed by atoms with Crippen LogP contribution in [0, 0.1) is 6.92 Å². The molecule has 0 radical (unpaired) electrons. The van der Waals surface area contributed by atoms with E-state index in [0.29, 0.717) is 29.9 Å². The van der Waals surface area contributed by atoms with Crippen molar-refractivity contribution in [3.63, 3.8) is 0 Å². The Bertz CT molecular complexity index is 1070. The molecule has 0 saturated heterocycles. The highest BCUT2D eigenvalue weighted by Gasteiger charge is 2.46. The zero-order chi connectivity index (χ0) is 20.1. The van der Waals surface area contributed by atoms with Crippen LogP contribution in [0.2, 0.25) is 0 Å². The Hall–Kier alpha value is -2.59. The van der Waals surface area contributed by atoms with Gasteiger partial charge in [0.25, 0.3) is 5.91 Å². The maximum Gasteiger partial charge on any atom is 0.261 e. The highest BCUT2D eigenvalue weighted by atomic mass is 32.2. The molecule has 28 heavy (non-hydrogen) atoms. The summed E-state index contributed by atoms with van der Waals surface area (Å²) < 4.78 is 45.7. The van der Waals surface area contributed by atoms with Gasteiger partial charge in [0.2, 0.25) is 15.9 Å². The zero-order valence-electron chi connectivity index (χ0n) is 15.1. The van der Waals surface area contributed by atoms with E-state index in [0.717, 1.165) is 4.90 Å².